The number of hydrogen-bond donors (Lipinski definition) is 0. The molecule has 0 radical (unpaired) electrons. The van der Waals surface area contributed by atoms with E-state index >= 15 is 0 Å². The summed E-state index contributed by atoms with van der Waals surface area (Å²) in [5.74, 6) is -0.784. The minimum absolute atomic E-state index is 0.00233. The first-order valence-corrected chi connectivity index (χ1v) is 8.25. The van der Waals surface area contributed by atoms with E-state index in [0.717, 1.165) is 5.56 Å². The first-order chi connectivity index (χ1) is 11.9. The highest BCUT2D eigenvalue weighted by atomic mass is 16.5. The minimum atomic E-state index is -0.873. The van der Waals surface area contributed by atoms with Crippen molar-refractivity contribution in [3.05, 3.63) is 35.4 Å². The smallest absolute Gasteiger partial charge is 0.338 e. The zero-order chi connectivity index (χ0) is 18.4. The quantitative estimate of drug-likeness (QED) is 0.744. The van der Waals surface area contributed by atoms with Crippen molar-refractivity contribution < 1.29 is 23.9 Å². The van der Waals surface area contributed by atoms with Crippen LogP contribution in [0.4, 0.5) is 0 Å². The molecule has 0 aliphatic carbocycles. The number of rotatable bonds is 5. The third-order valence-corrected chi connectivity index (χ3v) is 4.14. The number of amides is 2. The van der Waals surface area contributed by atoms with E-state index < -0.39 is 12.1 Å². The number of carbonyl (C=O) groups is 3. The van der Waals surface area contributed by atoms with E-state index in [1.807, 2.05) is 6.07 Å². The van der Waals surface area contributed by atoms with Crippen LogP contribution in [0.25, 0.3) is 0 Å². The van der Waals surface area contributed by atoms with Gasteiger partial charge in [-0.2, -0.15) is 0 Å². The molecular formula is C18H24N2O5. The van der Waals surface area contributed by atoms with Gasteiger partial charge >= 0.3 is 5.97 Å². The Morgan fingerprint density at radius 3 is 2.36 bits per heavy atom. The summed E-state index contributed by atoms with van der Waals surface area (Å²) in [4.78, 5) is 39.3. The Morgan fingerprint density at radius 2 is 1.76 bits per heavy atom. The lowest BCUT2D eigenvalue weighted by atomic mass is 10.1. The second-order valence-electron chi connectivity index (χ2n) is 6.01. The van der Waals surface area contributed by atoms with E-state index in [0.29, 0.717) is 38.3 Å². The fraction of sp³-hybridized carbons (Fsp3) is 0.500. The van der Waals surface area contributed by atoms with Crippen molar-refractivity contribution >= 4 is 17.8 Å². The Bertz CT molecular complexity index is 638. The lowest BCUT2D eigenvalue weighted by Gasteiger charge is -2.35. The van der Waals surface area contributed by atoms with Gasteiger partial charge in [0.1, 0.15) is 0 Å². The summed E-state index contributed by atoms with van der Waals surface area (Å²) >= 11 is 0. The molecule has 0 bridgehead atoms. The Morgan fingerprint density at radius 1 is 1.12 bits per heavy atom. The fourth-order valence-corrected chi connectivity index (χ4v) is 2.73. The van der Waals surface area contributed by atoms with Gasteiger partial charge in [-0.25, -0.2) is 4.79 Å². The van der Waals surface area contributed by atoms with Crippen molar-refractivity contribution in [3.8, 4) is 0 Å². The van der Waals surface area contributed by atoms with Gasteiger partial charge in [0.2, 0.25) is 5.91 Å². The maximum absolute atomic E-state index is 12.4. The van der Waals surface area contributed by atoms with E-state index in [1.54, 1.807) is 42.0 Å². The Labute approximate surface area is 147 Å². The maximum atomic E-state index is 12.4. The molecule has 1 aliphatic rings. The van der Waals surface area contributed by atoms with Crippen molar-refractivity contribution in [1.82, 2.24) is 9.80 Å². The first-order valence-electron chi connectivity index (χ1n) is 8.25. The van der Waals surface area contributed by atoms with Crippen LogP contribution >= 0.6 is 0 Å². The number of ether oxygens (including phenoxy) is 2. The second kappa shape index (κ2) is 8.62. The predicted octanol–water partition coefficient (Wildman–Crippen LogP) is 1.07. The van der Waals surface area contributed by atoms with E-state index in [2.05, 4.69) is 0 Å². The van der Waals surface area contributed by atoms with Gasteiger partial charge in [0.25, 0.3) is 5.91 Å². The topological polar surface area (TPSA) is 76.2 Å². The first kappa shape index (κ1) is 18.9. The summed E-state index contributed by atoms with van der Waals surface area (Å²) in [6, 6.07) is 6.93. The normalized spacial score (nSPS) is 15.6. The van der Waals surface area contributed by atoms with Crippen molar-refractivity contribution in [3.63, 3.8) is 0 Å². The number of methoxy groups -OCH3 is 1. The molecule has 1 aromatic rings. The van der Waals surface area contributed by atoms with Gasteiger partial charge in [-0.3, -0.25) is 9.59 Å². The molecule has 2 rings (SSSR count). The molecule has 1 fully saturated rings. The summed E-state index contributed by atoms with van der Waals surface area (Å²) in [7, 11) is 1.58. The van der Waals surface area contributed by atoms with Crippen molar-refractivity contribution in [2.24, 2.45) is 0 Å². The molecule has 0 saturated carbocycles. The van der Waals surface area contributed by atoms with Gasteiger partial charge in [0.05, 0.1) is 12.2 Å². The largest absolute Gasteiger partial charge is 0.449 e. The zero-order valence-corrected chi connectivity index (χ0v) is 14.9. The van der Waals surface area contributed by atoms with Gasteiger partial charge in [0.15, 0.2) is 6.10 Å². The van der Waals surface area contributed by atoms with E-state index in [9.17, 15) is 14.4 Å². The molecular weight excluding hydrogens is 324 g/mol. The Kier molecular flexibility index (Phi) is 6.52. The second-order valence-corrected chi connectivity index (χ2v) is 6.01. The molecule has 1 aliphatic heterocycles. The molecule has 1 heterocycles. The maximum Gasteiger partial charge on any atom is 0.338 e. The van der Waals surface area contributed by atoms with Crippen LogP contribution in [-0.2, 0) is 25.7 Å². The number of hydrogen-bond acceptors (Lipinski definition) is 5. The molecule has 0 spiro atoms. The minimum Gasteiger partial charge on any atom is -0.449 e. The SMILES string of the molecule is COCc1cccc(C(=O)OC(C)C(=O)N2CCN(C(C)=O)CC2)c1. The van der Waals surface area contributed by atoms with Crippen LogP contribution in [0, 0.1) is 0 Å². The molecule has 1 unspecified atom stereocenters. The third-order valence-electron chi connectivity index (χ3n) is 4.14. The summed E-state index contributed by atoms with van der Waals surface area (Å²) in [5.41, 5.74) is 1.24. The number of piperazine rings is 1. The molecule has 1 saturated heterocycles. The van der Waals surface area contributed by atoms with Crippen LogP contribution in [0.2, 0.25) is 0 Å². The molecule has 1 aromatic carbocycles. The van der Waals surface area contributed by atoms with Gasteiger partial charge in [0, 0.05) is 40.2 Å². The Balaban J connectivity index is 1.91. The highest BCUT2D eigenvalue weighted by Crippen LogP contribution is 2.11. The number of nitrogens with zero attached hydrogens (tertiary/aromatic N) is 2. The summed E-state index contributed by atoms with van der Waals surface area (Å²) in [6.45, 7) is 5.38. The molecule has 7 heteroatoms. The Hall–Kier alpha value is -2.41. The van der Waals surface area contributed by atoms with Crippen LogP contribution in [0.3, 0.4) is 0 Å². The van der Waals surface area contributed by atoms with Crippen molar-refractivity contribution in [2.45, 2.75) is 26.6 Å². The van der Waals surface area contributed by atoms with Crippen molar-refractivity contribution in [1.29, 1.82) is 0 Å². The molecule has 0 N–H and O–H groups in total. The van der Waals surface area contributed by atoms with Gasteiger partial charge in [-0.05, 0) is 24.6 Å². The van der Waals surface area contributed by atoms with E-state index in [4.69, 9.17) is 9.47 Å². The van der Waals surface area contributed by atoms with E-state index in [1.165, 1.54) is 6.92 Å². The lowest BCUT2D eigenvalue weighted by Crippen LogP contribution is -2.52. The van der Waals surface area contributed by atoms with Crippen LogP contribution in [0.1, 0.15) is 29.8 Å². The molecule has 136 valence electrons. The monoisotopic (exact) mass is 348 g/mol. The molecule has 25 heavy (non-hydrogen) atoms. The average molecular weight is 348 g/mol. The summed E-state index contributed by atoms with van der Waals surface area (Å²) in [6.07, 6.45) is -0.873. The predicted molar refractivity (Wildman–Crippen MR) is 90.9 cm³/mol. The van der Waals surface area contributed by atoms with Crippen LogP contribution in [0.5, 0.6) is 0 Å². The average Bonchev–Trinajstić information content (AvgIpc) is 2.61. The van der Waals surface area contributed by atoms with Gasteiger partial charge in [-0.15, -0.1) is 0 Å². The van der Waals surface area contributed by atoms with E-state index in [-0.39, 0.29) is 11.8 Å². The lowest BCUT2D eigenvalue weighted by molar-refractivity contribution is -0.144. The van der Waals surface area contributed by atoms with Crippen LogP contribution in [0.15, 0.2) is 24.3 Å². The van der Waals surface area contributed by atoms with Crippen LogP contribution in [-0.4, -0.2) is 67.0 Å². The standard InChI is InChI=1S/C18H24N2O5/c1-13(17(22)20-9-7-19(8-10-20)14(2)21)25-18(23)16-6-4-5-15(11-16)12-24-3/h4-6,11,13H,7-10,12H2,1-3H3. The fourth-order valence-electron chi connectivity index (χ4n) is 2.73. The van der Waals surface area contributed by atoms with Crippen LogP contribution < -0.4 is 0 Å². The summed E-state index contributed by atoms with van der Waals surface area (Å²) in [5, 5.41) is 0. The van der Waals surface area contributed by atoms with Crippen molar-refractivity contribution in [2.75, 3.05) is 33.3 Å². The molecule has 0 aromatic heterocycles. The highest BCUT2D eigenvalue weighted by Gasteiger charge is 2.28. The zero-order valence-electron chi connectivity index (χ0n) is 14.9. The summed E-state index contributed by atoms with van der Waals surface area (Å²) < 4.78 is 10.4. The number of benzene rings is 1. The van der Waals surface area contributed by atoms with Gasteiger partial charge < -0.3 is 19.3 Å². The third kappa shape index (κ3) is 5.03. The highest BCUT2D eigenvalue weighted by molar-refractivity contribution is 5.92. The van der Waals surface area contributed by atoms with Gasteiger partial charge in [-0.1, -0.05) is 12.1 Å². The number of carbonyl (C=O) groups excluding carboxylic acids is 3. The number of esters is 1. The molecule has 2 amide bonds. The molecule has 7 nitrogen and oxygen atoms in total. The molecule has 1 atom stereocenters.